The topological polar surface area (TPSA) is 42.0 Å². The summed E-state index contributed by atoms with van der Waals surface area (Å²) in [5.74, 6) is -0.134. The predicted molar refractivity (Wildman–Crippen MR) is 76.1 cm³/mol. The molecule has 4 heteroatoms. The van der Waals surface area contributed by atoms with Crippen LogP contribution in [-0.4, -0.2) is 10.9 Å². The molecule has 0 unspecified atom stereocenters. The highest BCUT2D eigenvalue weighted by atomic mass is 32.1. The van der Waals surface area contributed by atoms with E-state index < -0.39 is 0 Å². The van der Waals surface area contributed by atoms with Gasteiger partial charge in [-0.1, -0.05) is 24.8 Å². The van der Waals surface area contributed by atoms with Crippen LogP contribution >= 0.6 is 11.3 Å². The van der Waals surface area contributed by atoms with Crippen molar-refractivity contribution in [3.8, 4) is 0 Å². The number of nitrogens with one attached hydrogen (secondary N) is 1. The van der Waals surface area contributed by atoms with Gasteiger partial charge in [-0.25, -0.2) is 4.98 Å². The fourth-order valence-electron chi connectivity index (χ4n) is 1.59. The molecule has 0 saturated carbocycles. The van der Waals surface area contributed by atoms with Crippen molar-refractivity contribution in [2.45, 2.75) is 13.8 Å². The Bertz CT molecular complexity index is 602. The predicted octanol–water partition coefficient (Wildman–Crippen LogP) is 3.66. The zero-order chi connectivity index (χ0) is 13.1. The minimum atomic E-state index is -0.134. The maximum absolute atomic E-state index is 12.1. The van der Waals surface area contributed by atoms with Crippen LogP contribution in [0, 0.1) is 13.8 Å². The van der Waals surface area contributed by atoms with E-state index in [4.69, 9.17) is 0 Å². The first-order chi connectivity index (χ1) is 8.60. The van der Waals surface area contributed by atoms with Gasteiger partial charge < -0.3 is 0 Å². The van der Waals surface area contributed by atoms with E-state index in [1.54, 1.807) is 6.08 Å². The van der Waals surface area contributed by atoms with Crippen molar-refractivity contribution >= 4 is 28.5 Å². The molecule has 0 fully saturated rings. The second kappa shape index (κ2) is 5.14. The van der Waals surface area contributed by atoms with Crippen LogP contribution in [0.1, 0.15) is 27.2 Å². The highest BCUT2D eigenvalue weighted by Crippen LogP contribution is 2.18. The van der Waals surface area contributed by atoms with Crippen LogP contribution in [0.25, 0.3) is 6.08 Å². The van der Waals surface area contributed by atoms with Crippen LogP contribution < -0.4 is 5.32 Å². The summed E-state index contributed by atoms with van der Waals surface area (Å²) in [5, 5.41) is 5.34. The lowest BCUT2D eigenvalue weighted by molar-refractivity contribution is 0.102. The SMILES string of the molecule is C=Cc1ccc(C)c(C(=O)Nc2nc(C)cs2)c1. The van der Waals surface area contributed by atoms with Gasteiger partial charge in [-0.05, 0) is 31.0 Å². The van der Waals surface area contributed by atoms with Crippen molar-refractivity contribution in [3.05, 3.63) is 52.5 Å². The molecule has 92 valence electrons. The third-order valence-electron chi connectivity index (χ3n) is 2.58. The van der Waals surface area contributed by atoms with E-state index in [-0.39, 0.29) is 5.91 Å². The number of rotatable bonds is 3. The Morgan fingerprint density at radius 1 is 1.44 bits per heavy atom. The molecule has 1 aromatic heterocycles. The number of aryl methyl sites for hydroxylation is 2. The monoisotopic (exact) mass is 258 g/mol. The number of amides is 1. The summed E-state index contributed by atoms with van der Waals surface area (Å²) in [6.07, 6.45) is 1.73. The number of benzene rings is 1. The molecule has 1 heterocycles. The van der Waals surface area contributed by atoms with Crippen LogP contribution in [0.2, 0.25) is 0 Å². The zero-order valence-electron chi connectivity index (χ0n) is 10.4. The van der Waals surface area contributed by atoms with E-state index in [2.05, 4.69) is 16.9 Å². The van der Waals surface area contributed by atoms with Gasteiger partial charge in [0, 0.05) is 10.9 Å². The summed E-state index contributed by atoms with van der Waals surface area (Å²) in [5.41, 5.74) is 3.43. The van der Waals surface area contributed by atoms with Gasteiger partial charge in [0.2, 0.25) is 0 Å². The molecule has 18 heavy (non-hydrogen) atoms. The van der Waals surface area contributed by atoms with Crippen molar-refractivity contribution in [2.75, 3.05) is 5.32 Å². The molecule has 0 aliphatic heterocycles. The molecule has 1 amide bonds. The average molecular weight is 258 g/mol. The van der Waals surface area contributed by atoms with Crippen molar-refractivity contribution in [1.82, 2.24) is 4.98 Å². The molecular weight excluding hydrogens is 244 g/mol. The number of anilines is 1. The Labute approximate surface area is 110 Å². The number of hydrogen-bond donors (Lipinski definition) is 1. The molecule has 0 aliphatic carbocycles. The maximum atomic E-state index is 12.1. The van der Waals surface area contributed by atoms with Crippen molar-refractivity contribution in [2.24, 2.45) is 0 Å². The number of thiazole rings is 1. The van der Waals surface area contributed by atoms with E-state index in [9.17, 15) is 4.79 Å². The Morgan fingerprint density at radius 3 is 2.83 bits per heavy atom. The van der Waals surface area contributed by atoms with Crippen molar-refractivity contribution in [1.29, 1.82) is 0 Å². The Balaban J connectivity index is 2.25. The van der Waals surface area contributed by atoms with Gasteiger partial charge in [0.15, 0.2) is 5.13 Å². The Kier molecular flexibility index (Phi) is 3.58. The number of carbonyl (C=O) groups is 1. The van der Waals surface area contributed by atoms with Crippen LogP contribution in [0.3, 0.4) is 0 Å². The van der Waals surface area contributed by atoms with E-state index >= 15 is 0 Å². The van der Waals surface area contributed by atoms with Gasteiger partial charge in [0.05, 0.1) is 5.69 Å². The molecule has 3 nitrogen and oxygen atoms in total. The second-order valence-corrected chi connectivity index (χ2v) is 4.88. The fourth-order valence-corrected chi connectivity index (χ4v) is 2.27. The summed E-state index contributed by atoms with van der Waals surface area (Å²) in [6.45, 7) is 7.52. The molecule has 1 aromatic carbocycles. The molecular formula is C14H14N2OS. The first kappa shape index (κ1) is 12.5. The van der Waals surface area contributed by atoms with Gasteiger partial charge in [-0.3, -0.25) is 10.1 Å². The molecule has 1 N–H and O–H groups in total. The third kappa shape index (κ3) is 2.65. The zero-order valence-corrected chi connectivity index (χ0v) is 11.2. The van der Waals surface area contributed by atoms with Gasteiger partial charge in [-0.2, -0.15) is 0 Å². The number of nitrogens with zero attached hydrogens (tertiary/aromatic N) is 1. The van der Waals surface area contributed by atoms with Crippen LogP contribution in [0.5, 0.6) is 0 Å². The molecule has 0 atom stereocenters. The molecule has 0 radical (unpaired) electrons. The van der Waals surface area contributed by atoms with E-state index in [1.807, 2.05) is 37.4 Å². The molecule has 0 aliphatic rings. The van der Waals surface area contributed by atoms with Crippen LogP contribution in [0.15, 0.2) is 30.2 Å². The number of carbonyl (C=O) groups excluding carboxylic acids is 1. The quantitative estimate of drug-likeness (QED) is 0.913. The Hall–Kier alpha value is -1.94. The lowest BCUT2D eigenvalue weighted by Gasteiger charge is -2.06. The van der Waals surface area contributed by atoms with E-state index in [0.717, 1.165) is 16.8 Å². The summed E-state index contributed by atoms with van der Waals surface area (Å²) in [7, 11) is 0. The van der Waals surface area contributed by atoms with Gasteiger partial charge in [0.25, 0.3) is 5.91 Å². The number of hydrogen-bond acceptors (Lipinski definition) is 3. The maximum Gasteiger partial charge on any atom is 0.257 e. The van der Waals surface area contributed by atoms with Crippen molar-refractivity contribution < 1.29 is 4.79 Å². The third-order valence-corrected chi connectivity index (χ3v) is 3.46. The van der Waals surface area contributed by atoms with Gasteiger partial charge >= 0.3 is 0 Å². The smallest absolute Gasteiger partial charge is 0.257 e. The van der Waals surface area contributed by atoms with Crippen molar-refractivity contribution in [3.63, 3.8) is 0 Å². The summed E-state index contributed by atoms with van der Waals surface area (Å²) in [6, 6.07) is 5.68. The fraction of sp³-hybridized carbons (Fsp3) is 0.143. The second-order valence-electron chi connectivity index (χ2n) is 4.03. The minimum absolute atomic E-state index is 0.134. The van der Waals surface area contributed by atoms with E-state index in [0.29, 0.717) is 10.7 Å². The summed E-state index contributed by atoms with van der Waals surface area (Å²) < 4.78 is 0. The van der Waals surface area contributed by atoms with Gasteiger partial charge in [-0.15, -0.1) is 11.3 Å². The standard InChI is InChI=1S/C14H14N2OS/c1-4-11-6-5-9(2)12(7-11)13(17)16-14-15-10(3)8-18-14/h4-8H,1H2,2-3H3,(H,15,16,17). The lowest BCUT2D eigenvalue weighted by Crippen LogP contribution is -2.13. The Morgan fingerprint density at radius 2 is 2.22 bits per heavy atom. The molecule has 0 saturated heterocycles. The average Bonchev–Trinajstić information content (AvgIpc) is 2.75. The summed E-state index contributed by atoms with van der Waals surface area (Å²) >= 11 is 1.43. The normalized spacial score (nSPS) is 10.1. The van der Waals surface area contributed by atoms with Gasteiger partial charge in [0.1, 0.15) is 0 Å². The summed E-state index contributed by atoms with van der Waals surface area (Å²) in [4.78, 5) is 16.3. The van der Waals surface area contributed by atoms with Crippen LogP contribution in [-0.2, 0) is 0 Å². The number of aromatic nitrogens is 1. The largest absolute Gasteiger partial charge is 0.298 e. The van der Waals surface area contributed by atoms with E-state index in [1.165, 1.54) is 11.3 Å². The molecule has 0 bridgehead atoms. The lowest BCUT2D eigenvalue weighted by atomic mass is 10.0. The first-order valence-electron chi connectivity index (χ1n) is 5.56. The first-order valence-corrected chi connectivity index (χ1v) is 6.44. The highest BCUT2D eigenvalue weighted by molar-refractivity contribution is 7.13. The molecule has 2 rings (SSSR count). The molecule has 2 aromatic rings. The van der Waals surface area contributed by atoms with Crippen LogP contribution in [0.4, 0.5) is 5.13 Å². The minimum Gasteiger partial charge on any atom is -0.298 e. The highest BCUT2D eigenvalue weighted by Gasteiger charge is 2.11. The molecule has 0 spiro atoms.